The number of carbonyl (C=O) groups excluding carboxylic acids is 2. The van der Waals surface area contributed by atoms with Crippen LogP contribution < -0.4 is 24.7 Å². The van der Waals surface area contributed by atoms with Crippen molar-refractivity contribution in [3.63, 3.8) is 0 Å². The normalized spacial score (nSPS) is 15.0. The maximum absolute atomic E-state index is 15.7. The Morgan fingerprint density at radius 3 is 1.06 bits per heavy atom. The molecule has 0 spiro atoms. The standard InChI is InChI=1S/C43H52N2O8/c1-27(2)37(42(48,29-17-9-13-21-33(29)50-5)30-18-10-14-22-34(30)51-6)45(40(47)41(25-26-41)39(44)46)38(28(3)4)43(49,31-19-11-15-23-35(31)52-7)32-20-12-16-24-36(32)53-8/h9-24,27-28,37-38,48-49H,25-26H2,1-8H3,(H2,44,46). The number of nitrogens with two attached hydrogens (primary N) is 1. The Hall–Kier alpha value is -5.06. The molecule has 2 amide bonds. The third-order valence-electron chi connectivity index (χ3n) is 10.7. The van der Waals surface area contributed by atoms with Gasteiger partial charge in [-0.1, -0.05) is 100 Å². The lowest BCUT2D eigenvalue weighted by atomic mass is 9.69. The van der Waals surface area contributed by atoms with Gasteiger partial charge in [-0.2, -0.15) is 0 Å². The molecular weight excluding hydrogens is 672 g/mol. The lowest BCUT2D eigenvalue weighted by Gasteiger charge is -2.54. The predicted octanol–water partition coefficient (Wildman–Crippen LogP) is 6.04. The number of rotatable bonds is 16. The average Bonchev–Trinajstić information content (AvgIpc) is 3.99. The lowest BCUT2D eigenvalue weighted by Crippen LogP contribution is -2.67. The number of benzene rings is 4. The molecule has 53 heavy (non-hydrogen) atoms. The van der Waals surface area contributed by atoms with Crippen molar-refractivity contribution >= 4 is 11.8 Å². The zero-order chi connectivity index (χ0) is 38.7. The van der Waals surface area contributed by atoms with E-state index < -0.39 is 52.4 Å². The van der Waals surface area contributed by atoms with Gasteiger partial charge in [0.2, 0.25) is 11.8 Å². The molecule has 0 aromatic heterocycles. The molecule has 10 heteroatoms. The number of methoxy groups -OCH3 is 4. The third kappa shape index (κ3) is 6.59. The van der Waals surface area contributed by atoms with Gasteiger partial charge in [-0.15, -0.1) is 0 Å². The van der Waals surface area contributed by atoms with Crippen LogP contribution in [0.15, 0.2) is 97.1 Å². The first-order valence-electron chi connectivity index (χ1n) is 17.9. The summed E-state index contributed by atoms with van der Waals surface area (Å²) in [5.41, 5.74) is 1.81. The van der Waals surface area contributed by atoms with E-state index in [1.54, 1.807) is 97.1 Å². The topological polar surface area (TPSA) is 141 Å². The molecule has 0 radical (unpaired) electrons. The van der Waals surface area contributed by atoms with Crippen LogP contribution in [0.5, 0.6) is 23.0 Å². The molecule has 5 rings (SSSR count). The maximum Gasteiger partial charge on any atom is 0.239 e. The first-order chi connectivity index (χ1) is 25.3. The SMILES string of the molecule is COc1ccccc1C(O)(c1ccccc1OC)C(C(C)C)N(C(=O)C1(C(N)=O)CC1)C(C(C)C)C(O)(c1ccccc1OC)c1ccccc1OC. The molecule has 4 aromatic carbocycles. The second-order valence-corrected chi connectivity index (χ2v) is 14.4. The van der Waals surface area contributed by atoms with Gasteiger partial charge in [-0.3, -0.25) is 9.59 Å². The van der Waals surface area contributed by atoms with Gasteiger partial charge in [0.1, 0.15) is 39.6 Å². The Bertz CT molecular complexity index is 1710. The first kappa shape index (κ1) is 39.2. The predicted molar refractivity (Wildman–Crippen MR) is 203 cm³/mol. The Labute approximate surface area is 312 Å². The molecule has 0 aliphatic heterocycles. The van der Waals surface area contributed by atoms with Crippen LogP contribution >= 0.6 is 0 Å². The number of primary amides is 1. The average molecular weight is 725 g/mol. The van der Waals surface area contributed by atoms with Gasteiger partial charge >= 0.3 is 0 Å². The number of hydrogen-bond donors (Lipinski definition) is 3. The van der Waals surface area contributed by atoms with Crippen molar-refractivity contribution in [2.24, 2.45) is 23.0 Å². The molecule has 1 saturated carbocycles. The molecule has 10 nitrogen and oxygen atoms in total. The van der Waals surface area contributed by atoms with Crippen molar-refractivity contribution in [2.45, 2.75) is 63.8 Å². The van der Waals surface area contributed by atoms with E-state index >= 15 is 4.79 Å². The van der Waals surface area contributed by atoms with Crippen LogP contribution in [-0.2, 0) is 20.8 Å². The van der Waals surface area contributed by atoms with Crippen LogP contribution in [0.25, 0.3) is 0 Å². The van der Waals surface area contributed by atoms with Gasteiger partial charge in [0.15, 0.2) is 0 Å². The molecule has 4 aromatic rings. The Kier molecular flexibility index (Phi) is 11.5. The van der Waals surface area contributed by atoms with E-state index in [0.717, 1.165) is 0 Å². The largest absolute Gasteiger partial charge is 0.496 e. The molecule has 1 aliphatic carbocycles. The van der Waals surface area contributed by atoms with Crippen LogP contribution in [-0.4, -0.2) is 67.5 Å². The van der Waals surface area contributed by atoms with Crippen molar-refractivity contribution in [2.75, 3.05) is 28.4 Å². The van der Waals surface area contributed by atoms with Gasteiger partial charge in [-0.05, 0) is 48.9 Å². The third-order valence-corrected chi connectivity index (χ3v) is 10.7. The molecule has 0 saturated heterocycles. The molecule has 4 N–H and O–H groups in total. The highest BCUT2D eigenvalue weighted by Gasteiger charge is 2.64. The Morgan fingerprint density at radius 2 is 0.849 bits per heavy atom. The van der Waals surface area contributed by atoms with Crippen LogP contribution in [0.3, 0.4) is 0 Å². The minimum absolute atomic E-state index is 0.219. The van der Waals surface area contributed by atoms with Gasteiger partial charge in [-0.25, -0.2) is 0 Å². The van der Waals surface area contributed by atoms with E-state index in [4.69, 9.17) is 24.7 Å². The maximum atomic E-state index is 15.7. The summed E-state index contributed by atoms with van der Waals surface area (Å²) >= 11 is 0. The van der Waals surface area contributed by atoms with Crippen molar-refractivity contribution < 1.29 is 38.7 Å². The summed E-state index contributed by atoms with van der Waals surface area (Å²) in [6.07, 6.45) is 0.438. The monoisotopic (exact) mass is 724 g/mol. The number of para-hydroxylation sites is 4. The van der Waals surface area contributed by atoms with E-state index in [9.17, 15) is 15.0 Å². The first-order valence-corrected chi connectivity index (χ1v) is 17.9. The molecule has 282 valence electrons. The van der Waals surface area contributed by atoms with Crippen LogP contribution in [0.2, 0.25) is 0 Å². The van der Waals surface area contributed by atoms with E-state index in [0.29, 0.717) is 45.3 Å². The van der Waals surface area contributed by atoms with Crippen molar-refractivity contribution in [3.8, 4) is 23.0 Å². The summed E-state index contributed by atoms with van der Waals surface area (Å²) in [7, 11) is 6.06. The minimum atomic E-state index is -2.06. The zero-order valence-corrected chi connectivity index (χ0v) is 31.8. The van der Waals surface area contributed by atoms with Crippen molar-refractivity contribution in [1.29, 1.82) is 0 Å². The fourth-order valence-electron chi connectivity index (χ4n) is 8.14. The Balaban J connectivity index is 1.99. The van der Waals surface area contributed by atoms with Crippen molar-refractivity contribution in [1.82, 2.24) is 4.90 Å². The summed E-state index contributed by atoms with van der Waals surface area (Å²) in [6.45, 7) is 7.58. The van der Waals surface area contributed by atoms with E-state index in [1.807, 2.05) is 27.7 Å². The second kappa shape index (κ2) is 15.5. The number of hydrogen-bond acceptors (Lipinski definition) is 8. The minimum Gasteiger partial charge on any atom is -0.496 e. The highest BCUT2D eigenvalue weighted by molar-refractivity contribution is 6.07. The van der Waals surface area contributed by atoms with Gasteiger partial charge in [0, 0.05) is 22.3 Å². The van der Waals surface area contributed by atoms with Crippen LogP contribution in [0.4, 0.5) is 0 Å². The fourth-order valence-corrected chi connectivity index (χ4v) is 8.14. The summed E-state index contributed by atoms with van der Waals surface area (Å²) in [6, 6.07) is 25.9. The summed E-state index contributed by atoms with van der Waals surface area (Å²) in [5.74, 6) is -0.975. The highest BCUT2D eigenvalue weighted by Crippen LogP contribution is 2.55. The van der Waals surface area contributed by atoms with Gasteiger partial charge in [0.05, 0.1) is 40.5 Å². The smallest absolute Gasteiger partial charge is 0.239 e. The number of amides is 2. The summed E-state index contributed by atoms with van der Waals surface area (Å²) in [5, 5.41) is 27.8. The van der Waals surface area contributed by atoms with E-state index in [1.165, 1.54) is 33.3 Å². The van der Waals surface area contributed by atoms with Crippen molar-refractivity contribution in [3.05, 3.63) is 119 Å². The number of carbonyl (C=O) groups is 2. The molecule has 0 heterocycles. The molecular formula is C43H52N2O8. The fraction of sp³-hybridized carbons (Fsp3) is 0.395. The summed E-state index contributed by atoms with van der Waals surface area (Å²) < 4.78 is 23.6. The van der Waals surface area contributed by atoms with Gasteiger partial charge < -0.3 is 39.8 Å². The molecule has 1 fully saturated rings. The lowest BCUT2D eigenvalue weighted by molar-refractivity contribution is -0.168. The van der Waals surface area contributed by atoms with E-state index in [-0.39, 0.29) is 12.8 Å². The number of aliphatic hydroxyl groups is 2. The van der Waals surface area contributed by atoms with Crippen LogP contribution in [0, 0.1) is 17.3 Å². The number of ether oxygens (including phenoxy) is 4. The van der Waals surface area contributed by atoms with Crippen LogP contribution in [0.1, 0.15) is 62.8 Å². The number of nitrogens with zero attached hydrogens (tertiary/aromatic N) is 1. The molecule has 0 bridgehead atoms. The summed E-state index contributed by atoms with van der Waals surface area (Å²) in [4.78, 5) is 30.6. The van der Waals surface area contributed by atoms with E-state index in [2.05, 4.69) is 0 Å². The Morgan fingerprint density at radius 1 is 0.585 bits per heavy atom. The quantitative estimate of drug-likeness (QED) is 0.119. The van der Waals surface area contributed by atoms with Gasteiger partial charge in [0.25, 0.3) is 0 Å². The molecule has 2 atom stereocenters. The molecule has 2 unspecified atom stereocenters. The highest BCUT2D eigenvalue weighted by atomic mass is 16.5. The zero-order valence-electron chi connectivity index (χ0n) is 31.8. The molecule has 1 aliphatic rings. The second-order valence-electron chi connectivity index (χ2n) is 14.4.